The largest absolute Gasteiger partial charge is 0.488 e. The van der Waals surface area contributed by atoms with Gasteiger partial charge in [0.2, 0.25) is 0 Å². The zero-order chi connectivity index (χ0) is 14.5. The third kappa shape index (κ3) is 4.02. The molecule has 1 unspecified atom stereocenters. The quantitative estimate of drug-likeness (QED) is 0.846. The molecule has 1 aromatic carbocycles. The molecule has 1 fully saturated rings. The summed E-state index contributed by atoms with van der Waals surface area (Å²) in [5.41, 5.74) is 0.989. The first kappa shape index (κ1) is 14.9. The fourth-order valence-electron chi connectivity index (χ4n) is 1.87. The molecule has 1 aliphatic rings. The summed E-state index contributed by atoms with van der Waals surface area (Å²) in [5, 5.41) is 6.48. The summed E-state index contributed by atoms with van der Waals surface area (Å²) in [4.78, 5) is 11.0. The second-order valence-corrected chi connectivity index (χ2v) is 5.39. The number of hydrogen-bond acceptors (Lipinski definition) is 4. The van der Waals surface area contributed by atoms with Gasteiger partial charge < -0.3 is 20.1 Å². The fourth-order valence-corrected chi connectivity index (χ4v) is 2.12. The molecule has 2 rings (SSSR count). The van der Waals surface area contributed by atoms with Crippen molar-refractivity contribution in [1.82, 2.24) is 10.6 Å². The highest BCUT2D eigenvalue weighted by molar-refractivity contribution is 6.32. The average Bonchev–Trinajstić information content (AvgIpc) is 2.81. The first-order valence-corrected chi connectivity index (χ1v) is 7.02. The van der Waals surface area contributed by atoms with E-state index in [0.29, 0.717) is 29.9 Å². The summed E-state index contributed by atoms with van der Waals surface area (Å²) in [6, 6.07) is 6.02. The minimum atomic E-state index is -0.403. The van der Waals surface area contributed by atoms with E-state index in [1.54, 1.807) is 6.07 Å². The van der Waals surface area contributed by atoms with Crippen LogP contribution in [-0.4, -0.2) is 31.4 Å². The van der Waals surface area contributed by atoms with Crippen molar-refractivity contribution in [1.29, 1.82) is 0 Å². The summed E-state index contributed by atoms with van der Waals surface area (Å²) >= 11 is 6.18. The standard InChI is InChI=1S/C14H19ClN2O3/c1-9(2)16-6-10-4-3-5-12(15)13(10)19-8-11-7-17-14(18)20-11/h3-5,9,11,16H,6-8H2,1-2H3,(H,17,18). The van der Waals surface area contributed by atoms with Crippen LogP contribution < -0.4 is 15.4 Å². The Morgan fingerprint density at radius 1 is 1.55 bits per heavy atom. The van der Waals surface area contributed by atoms with Gasteiger partial charge in [-0.1, -0.05) is 37.6 Å². The fraction of sp³-hybridized carbons (Fsp3) is 0.500. The lowest BCUT2D eigenvalue weighted by Crippen LogP contribution is -2.24. The Kier molecular flexibility index (Phi) is 5.09. The van der Waals surface area contributed by atoms with Gasteiger partial charge in [-0.25, -0.2) is 4.79 Å². The summed E-state index contributed by atoms with van der Waals surface area (Å²) in [7, 11) is 0. The lowest BCUT2D eigenvalue weighted by Gasteiger charge is -2.16. The van der Waals surface area contributed by atoms with Crippen molar-refractivity contribution in [3.8, 4) is 5.75 Å². The molecule has 1 heterocycles. The minimum absolute atomic E-state index is 0.273. The normalized spacial score (nSPS) is 18.0. The van der Waals surface area contributed by atoms with Gasteiger partial charge in [-0.15, -0.1) is 0 Å². The van der Waals surface area contributed by atoms with Crippen molar-refractivity contribution in [2.75, 3.05) is 13.2 Å². The molecule has 1 saturated heterocycles. The van der Waals surface area contributed by atoms with E-state index in [1.807, 2.05) is 12.1 Å². The van der Waals surface area contributed by atoms with Crippen LogP contribution in [0, 0.1) is 0 Å². The minimum Gasteiger partial charge on any atom is -0.488 e. The number of nitrogens with one attached hydrogen (secondary N) is 2. The van der Waals surface area contributed by atoms with Gasteiger partial charge in [-0.2, -0.15) is 0 Å². The molecule has 1 aromatic rings. The second-order valence-electron chi connectivity index (χ2n) is 4.98. The number of alkyl carbamates (subject to hydrolysis) is 1. The maximum atomic E-state index is 11.0. The van der Waals surface area contributed by atoms with Crippen LogP contribution in [-0.2, 0) is 11.3 Å². The van der Waals surface area contributed by atoms with Crippen LogP contribution in [0.2, 0.25) is 5.02 Å². The lowest BCUT2D eigenvalue weighted by atomic mass is 10.2. The van der Waals surface area contributed by atoms with E-state index >= 15 is 0 Å². The van der Waals surface area contributed by atoms with Crippen LogP contribution in [0.5, 0.6) is 5.75 Å². The van der Waals surface area contributed by atoms with E-state index in [0.717, 1.165) is 5.56 Å². The van der Waals surface area contributed by atoms with Gasteiger partial charge >= 0.3 is 6.09 Å². The number of hydrogen-bond donors (Lipinski definition) is 2. The molecule has 2 N–H and O–H groups in total. The van der Waals surface area contributed by atoms with Gasteiger partial charge in [0, 0.05) is 18.2 Å². The smallest absolute Gasteiger partial charge is 0.407 e. The third-order valence-electron chi connectivity index (χ3n) is 2.91. The molecule has 6 heteroatoms. The highest BCUT2D eigenvalue weighted by Crippen LogP contribution is 2.29. The molecule has 0 spiro atoms. The predicted molar refractivity (Wildman–Crippen MR) is 77.2 cm³/mol. The molecule has 1 amide bonds. The van der Waals surface area contributed by atoms with Gasteiger partial charge in [0.25, 0.3) is 0 Å². The van der Waals surface area contributed by atoms with E-state index in [4.69, 9.17) is 21.1 Å². The van der Waals surface area contributed by atoms with E-state index < -0.39 is 6.09 Å². The van der Waals surface area contributed by atoms with Crippen molar-refractivity contribution in [3.63, 3.8) is 0 Å². The number of cyclic esters (lactones) is 1. The molecule has 5 nitrogen and oxygen atoms in total. The molecule has 0 radical (unpaired) electrons. The molecule has 20 heavy (non-hydrogen) atoms. The van der Waals surface area contributed by atoms with Gasteiger partial charge in [-0.3, -0.25) is 0 Å². The van der Waals surface area contributed by atoms with Crippen molar-refractivity contribution in [2.45, 2.75) is 32.5 Å². The topological polar surface area (TPSA) is 59.6 Å². The number of para-hydroxylation sites is 1. The van der Waals surface area contributed by atoms with Crippen molar-refractivity contribution >= 4 is 17.7 Å². The van der Waals surface area contributed by atoms with Crippen LogP contribution in [0.15, 0.2) is 18.2 Å². The van der Waals surface area contributed by atoms with Crippen molar-refractivity contribution in [3.05, 3.63) is 28.8 Å². The van der Waals surface area contributed by atoms with Crippen molar-refractivity contribution in [2.24, 2.45) is 0 Å². The van der Waals surface area contributed by atoms with Gasteiger partial charge in [0.15, 0.2) is 6.10 Å². The first-order chi connectivity index (χ1) is 9.56. The highest BCUT2D eigenvalue weighted by atomic mass is 35.5. The zero-order valence-electron chi connectivity index (χ0n) is 11.6. The Morgan fingerprint density at radius 3 is 3.00 bits per heavy atom. The Hall–Kier alpha value is -1.46. The van der Waals surface area contributed by atoms with Gasteiger partial charge in [0.1, 0.15) is 12.4 Å². The number of carbonyl (C=O) groups is 1. The first-order valence-electron chi connectivity index (χ1n) is 6.64. The number of halogens is 1. The van der Waals surface area contributed by atoms with Crippen LogP contribution in [0.4, 0.5) is 4.79 Å². The van der Waals surface area contributed by atoms with Gasteiger partial charge in [0.05, 0.1) is 11.6 Å². The Labute approximate surface area is 123 Å². The average molecular weight is 299 g/mol. The van der Waals surface area contributed by atoms with E-state index in [1.165, 1.54) is 0 Å². The van der Waals surface area contributed by atoms with E-state index in [9.17, 15) is 4.79 Å². The SMILES string of the molecule is CC(C)NCc1cccc(Cl)c1OCC1CNC(=O)O1. The molecule has 110 valence electrons. The summed E-state index contributed by atoms with van der Waals surface area (Å²) < 4.78 is 10.8. The summed E-state index contributed by atoms with van der Waals surface area (Å²) in [6.45, 7) is 5.58. The second kappa shape index (κ2) is 6.81. The molecule has 0 bridgehead atoms. The van der Waals surface area contributed by atoms with Crippen LogP contribution in [0.25, 0.3) is 0 Å². The number of rotatable bonds is 6. The van der Waals surface area contributed by atoms with Crippen LogP contribution >= 0.6 is 11.6 Å². The number of carbonyl (C=O) groups excluding carboxylic acids is 1. The van der Waals surface area contributed by atoms with E-state index in [2.05, 4.69) is 24.5 Å². The Morgan fingerprint density at radius 2 is 2.35 bits per heavy atom. The molecule has 0 aliphatic carbocycles. The Bertz CT molecular complexity index is 479. The maximum Gasteiger partial charge on any atom is 0.407 e. The molecule has 1 aliphatic heterocycles. The summed E-state index contributed by atoms with van der Waals surface area (Å²) in [5.74, 6) is 0.644. The van der Waals surface area contributed by atoms with Crippen LogP contribution in [0.1, 0.15) is 19.4 Å². The third-order valence-corrected chi connectivity index (χ3v) is 3.21. The van der Waals surface area contributed by atoms with Crippen molar-refractivity contribution < 1.29 is 14.3 Å². The molecule has 1 atom stereocenters. The molecule has 0 saturated carbocycles. The highest BCUT2D eigenvalue weighted by Gasteiger charge is 2.23. The zero-order valence-corrected chi connectivity index (χ0v) is 12.4. The predicted octanol–water partition coefficient (Wildman–Crippen LogP) is 2.33. The lowest BCUT2D eigenvalue weighted by molar-refractivity contribution is 0.104. The maximum absolute atomic E-state index is 11.0. The number of amides is 1. The monoisotopic (exact) mass is 298 g/mol. The number of ether oxygens (including phenoxy) is 2. The van der Waals surface area contributed by atoms with Gasteiger partial charge in [-0.05, 0) is 6.07 Å². The molecular formula is C14H19ClN2O3. The molecule has 0 aromatic heterocycles. The van der Waals surface area contributed by atoms with Crippen LogP contribution in [0.3, 0.4) is 0 Å². The summed E-state index contributed by atoms with van der Waals surface area (Å²) in [6.07, 6.45) is -0.677. The molecular weight excluding hydrogens is 280 g/mol. The number of benzene rings is 1. The van der Waals surface area contributed by atoms with E-state index in [-0.39, 0.29) is 12.7 Å². The Balaban J connectivity index is 1.99.